The predicted octanol–water partition coefficient (Wildman–Crippen LogP) is 2.84. The number of hydrogen-bond donors (Lipinski definition) is 2. The first-order valence-electron chi connectivity index (χ1n) is 5.98. The summed E-state index contributed by atoms with van der Waals surface area (Å²) in [4.78, 5) is 0. The fourth-order valence-electron chi connectivity index (χ4n) is 2.56. The SMILES string of the molecule is Cc1cc(C)c(C(NN)C2CCCS2)c(F)c1. The van der Waals surface area contributed by atoms with Crippen molar-refractivity contribution in [2.75, 3.05) is 5.75 Å². The third kappa shape index (κ3) is 2.64. The first-order valence-corrected chi connectivity index (χ1v) is 7.02. The zero-order chi connectivity index (χ0) is 12.4. The Labute approximate surface area is 106 Å². The van der Waals surface area contributed by atoms with Crippen molar-refractivity contribution in [3.8, 4) is 0 Å². The Kier molecular flexibility index (Phi) is 4.07. The van der Waals surface area contributed by atoms with Gasteiger partial charge in [0.15, 0.2) is 0 Å². The molecule has 1 aliphatic heterocycles. The topological polar surface area (TPSA) is 38.0 Å². The summed E-state index contributed by atoms with van der Waals surface area (Å²) >= 11 is 1.88. The lowest BCUT2D eigenvalue weighted by Gasteiger charge is -2.24. The Hall–Kier alpha value is -0.580. The zero-order valence-corrected chi connectivity index (χ0v) is 11.1. The average Bonchev–Trinajstić information content (AvgIpc) is 2.76. The van der Waals surface area contributed by atoms with Crippen LogP contribution in [0.3, 0.4) is 0 Å². The number of halogens is 1. The third-order valence-corrected chi connectivity index (χ3v) is 4.77. The number of thioether (sulfide) groups is 1. The molecule has 17 heavy (non-hydrogen) atoms. The summed E-state index contributed by atoms with van der Waals surface area (Å²) in [5, 5.41) is 0.385. The summed E-state index contributed by atoms with van der Waals surface area (Å²) in [5.41, 5.74) is 5.48. The summed E-state index contributed by atoms with van der Waals surface area (Å²) in [6.07, 6.45) is 2.30. The van der Waals surface area contributed by atoms with E-state index in [0.717, 1.165) is 28.9 Å². The molecule has 0 saturated carbocycles. The van der Waals surface area contributed by atoms with E-state index in [1.165, 1.54) is 6.42 Å². The maximum atomic E-state index is 14.1. The molecule has 0 amide bonds. The van der Waals surface area contributed by atoms with E-state index in [9.17, 15) is 4.39 Å². The number of nitrogens with one attached hydrogen (secondary N) is 1. The largest absolute Gasteiger partial charge is 0.271 e. The van der Waals surface area contributed by atoms with E-state index in [-0.39, 0.29) is 11.9 Å². The van der Waals surface area contributed by atoms with E-state index in [1.807, 2.05) is 31.7 Å². The summed E-state index contributed by atoms with van der Waals surface area (Å²) in [6.45, 7) is 3.87. The van der Waals surface area contributed by atoms with Gasteiger partial charge in [-0.15, -0.1) is 0 Å². The van der Waals surface area contributed by atoms with Crippen molar-refractivity contribution in [2.45, 2.75) is 38.0 Å². The van der Waals surface area contributed by atoms with Crippen molar-refractivity contribution < 1.29 is 4.39 Å². The van der Waals surface area contributed by atoms with Crippen molar-refractivity contribution in [3.63, 3.8) is 0 Å². The highest BCUT2D eigenvalue weighted by Gasteiger charge is 2.29. The molecule has 2 unspecified atom stereocenters. The highest BCUT2D eigenvalue weighted by Crippen LogP contribution is 2.37. The van der Waals surface area contributed by atoms with E-state index in [4.69, 9.17) is 5.84 Å². The molecule has 2 rings (SSSR count). The summed E-state index contributed by atoms with van der Waals surface area (Å²) in [5.74, 6) is 6.64. The lowest BCUT2D eigenvalue weighted by Crippen LogP contribution is -2.35. The molecular weight excluding hydrogens is 235 g/mol. The molecule has 0 radical (unpaired) electrons. The van der Waals surface area contributed by atoms with Crippen LogP contribution in [0.4, 0.5) is 4.39 Å². The first kappa shape index (κ1) is 12.9. The molecule has 1 aromatic rings. The quantitative estimate of drug-likeness (QED) is 0.643. The van der Waals surface area contributed by atoms with Gasteiger partial charge in [0.25, 0.3) is 0 Å². The Balaban J connectivity index is 2.36. The van der Waals surface area contributed by atoms with Crippen molar-refractivity contribution in [1.29, 1.82) is 0 Å². The van der Waals surface area contributed by atoms with Crippen LogP contribution in [-0.2, 0) is 0 Å². The minimum atomic E-state index is -0.141. The monoisotopic (exact) mass is 254 g/mol. The highest BCUT2D eigenvalue weighted by molar-refractivity contribution is 8.00. The molecule has 0 spiro atoms. The predicted molar refractivity (Wildman–Crippen MR) is 71.4 cm³/mol. The van der Waals surface area contributed by atoms with E-state index in [1.54, 1.807) is 6.07 Å². The number of hydrogen-bond acceptors (Lipinski definition) is 3. The van der Waals surface area contributed by atoms with E-state index in [2.05, 4.69) is 5.43 Å². The molecule has 1 heterocycles. The van der Waals surface area contributed by atoms with Gasteiger partial charge in [-0.2, -0.15) is 11.8 Å². The molecule has 2 nitrogen and oxygen atoms in total. The average molecular weight is 254 g/mol. The molecule has 1 fully saturated rings. The molecule has 3 N–H and O–H groups in total. The summed E-state index contributed by atoms with van der Waals surface area (Å²) in [6, 6.07) is 3.53. The fraction of sp³-hybridized carbons (Fsp3) is 0.538. The van der Waals surface area contributed by atoms with E-state index in [0.29, 0.717) is 5.25 Å². The molecule has 0 bridgehead atoms. The lowest BCUT2D eigenvalue weighted by atomic mass is 9.95. The van der Waals surface area contributed by atoms with Crippen molar-refractivity contribution >= 4 is 11.8 Å². The number of rotatable bonds is 3. The highest BCUT2D eigenvalue weighted by atomic mass is 32.2. The molecule has 1 saturated heterocycles. The van der Waals surface area contributed by atoms with Gasteiger partial charge in [-0.05, 0) is 49.6 Å². The van der Waals surface area contributed by atoms with Gasteiger partial charge in [-0.3, -0.25) is 11.3 Å². The maximum absolute atomic E-state index is 14.1. The van der Waals surface area contributed by atoms with Crippen molar-refractivity contribution in [1.82, 2.24) is 5.43 Å². The smallest absolute Gasteiger partial charge is 0.128 e. The van der Waals surface area contributed by atoms with Crippen LogP contribution in [-0.4, -0.2) is 11.0 Å². The van der Waals surface area contributed by atoms with Gasteiger partial charge in [0.2, 0.25) is 0 Å². The van der Waals surface area contributed by atoms with Crippen LogP contribution in [0.25, 0.3) is 0 Å². The Morgan fingerprint density at radius 3 is 2.76 bits per heavy atom. The molecule has 0 aromatic heterocycles. The second-order valence-corrected chi connectivity index (χ2v) is 6.02. The second-order valence-electron chi connectivity index (χ2n) is 4.67. The molecule has 1 aliphatic rings. The van der Waals surface area contributed by atoms with Gasteiger partial charge >= 0.3 is 0 Å². The molecule has 1 aromatic carbocycles. The number of nitrogens with two attached hydrogens (primary N) is 1. The Bertz CT molecular complexity index is 379. The third-order valence-electron chi connectivity index (χ3n) is 3.31. The van der Waals surface area contributed by atoms with Gasteiger partial charge in [0, 0.05) is 10.8 Å². The standard InChI is InChI=1S/C13H19FN2S/c1-8-6-9(2)12(10(14)7-8)13(16-15)11-4-3-5-17-11/h6-7,11,13,16H,3-5,15H2,1-2H3. The van der Waals surface area contributed by atoms with Crippen molar-refractivity contribution in [2.24, 2.45) is 5.84 Å². The maximum Gasteiger partial charge on any atom is 0.128 e. The fourth-order valence-corrected chi connectivity index (χ4v) is 3.94. The number of aryl methyl sites for hydroxylation is 2. The van der Waals surface area contributed by atoms with Crippen LogP contribution in [0, 0.1) is 19.7 Å². The second kappa shape index (κ2) is 5.38. The Morgan fingerprint density at radius 2 is 2.24 bits per heavy atom. The van der Waals surface area contributed by atoms with Crippen LogP contribution < -0.4 is 11.3 Å². The van der Waals surface area contributed by atoms with Crippen LogP contribution in [0.2, 0.25) is 0 Å². The van der Waals surface area contributed by atoms with E-state index < -0.39 is 0 Å². The molecule has 2 atom stereocenters. The molecule has 94 valence electrons. The zero-order valence-electron chi connectivity index (χ0n) is 10.3. The molecule has 4 heteroatoms. The Morgan fingerprint density at radius 1 is 1.47 bits per heavy atom. The number of hydrazine groups is 1. The van der Waals surface area contributed by atoms with Crippen LogP contribution in [0.1, 0.15) is 35.6 Å². The first-order chi connectivity index (χ1) is 8.13. The minimum absolute atomic E-state index is 0.0805. The van der Waals surface area contributed by atoms with Gasteiger partial charge in [0.05, 0.1) is 6.04 Å². The van der Waals surface area contributed by atoms with Crippen LogP contribution in [0.5, 0.6) is 0 Å². The molecular formula is C13H19FN2S. The number of benzene rings is 1. The molecule has 0 aliphatic carbocycles. The van der Waals surface area contributed by atoms with Crippen molar-refractivity contribution in [3.05, 3.63) is 34.6 Å². The van der Waals surface area contributed by atoms with Crippen LogP contribution >= 0.6 is 11.8 Å². The van der Waals surface area contributed by atoms with Gasteiger partial charge in [0.1, 0.15) is 5.82 Å². The summed E-state index contributed by atoms with van der Waals surface area (Å²) in [7, 11) is 0. The van der Waals surface area contributed by atoms with Gasteiger partial charge in [-0.1, -0.05) is 6.07 Å². The van der Waals surface area contributed by atoms with Gasteiger partial charge in [-0.25, -0.2) is 4.39 Å². The van der Waals surface area contributed by atoms with Crippen LogP contribution in [0.15, 0.2) is 12.1 Å². The minimum Gasteiger partial charge on any atom is -0.271 e. The lowest BCUT2D eigenvalue weighted by molar-refractivity contribution is 0.486. The van der Waals surface area contributed by atoms with E-state index >= 15 is 0 Å². The summed E-state index contributed by atoms with van der Waals surface area (Å²) < 4.78 is 14.1. The van der Waals surface area contributed by atoms with Gasteiger partial charge < -0.3 is 0 Å². The normalized spacial score (nSPS) is 21.8.